The highest BCUT2D eigenvalue weighted by Gasteiger charge is 2.31. The van der Waals surface area contributed by atoms with Crippen LogP contribution >= 0.6 is 0 Å². The zero-order chi connectivity index (χ0) is 14.5. The first kappa shape index (κ1) is 15.9. The second kappa shape index (κ2) is 6.32. The number of rotatable bonds is 6. The zero-order valence-electron chi connectivity index (χ0n) is 11.8. The molecule has 1 N–H and O–H groups in total. The molecule has 0 atom stereocenters. The van der Waals surface area contributed by atoms with E-state index in [1.165, 1.54) is 4.31 Å². The predicted octanol–water partition coefficient (Wildman–Crippen LogP) is 2.31. The second-order valence-corrected chi connectivity index (χ2v) is 6.98. The third kappa shape index (κ3) is 4.78. The fourth-order valence-electron chi connectivity index (χ4n) is 1.70. The zero-order valence-corrected chi connectivity index (χ0v) is 12.6. The van der Waals surface area contributed by atoms with Crippen molar-refractivity contribution in [2.24, 2.45) is 0 Å². The van der Waals surface area contributed by atoms with Crippen molar-refractivity contribution in [1.29, 1.82) is 0 Å². The van der Waals surface area contributed by atoms with E-state index in [0.717, 1.165) is 5.56 Å². The van der Waals surface area contributed by atoms with Crippen molar-refractivity contribution in [2.45, 2.75) is 32.9 Å². The lowest BCUT2D eigenvalue weighted by Gasteiger charge is -2.33. The Balaban J connectivity index is 2.81. The van der Waals surface area contributed by atoms with E-state index >= 15 is 0 Å². The van der Waals surface area contributed by atoms with Crippen molar-refractivity contribution in [3.05, 3.63) is 48.6 Å². The number of hydrogen-bond donors (Lipinski definition) is 1. The first-order chi connectivity index (χ1) is 8.77. The summed E-state index contributed by atoms with van der Waals surface area (Å²) in [5.74, 6) is 0. The van der Waals surface area contributed by atoms with E-state index in [-0.39, 0.29) is 13.1 Å². The van der Waals surface area contributed by atoms with Crippen LogP contribution in [0.5, 0.6) is 0 Å². The molecular weight excluding hydrogens is 260 g/mol. The molecule has 0 fully saturated rings. The van der Waals surface area contributed by atoms with Gasteiger partial charge in [-0.2, -0.15) is 17.4 Å². The minimum Gasteiger partial charge on any atom is -0.198 e. The third-order valence-electron chi connectivity index (χ3n) is 2.63. The summed E-state index contributed by atoms with van der Waals surface area (Å²) < 4.78 is 28.6. The maximum absolute atomic E-state index is 12.3. The highest BCUT2D eigenvalue weighted by Crippen LogP contribution is 2.17. The van der Waals surface area contributed by atoms with Crippen LogP contribution in [0.25, 0.3) is 0 Å². The molecule has 0 spiro atoms. The van der Waals surface area contributed by atoms with E-state index in [4.69, 9.17) is 0 Å². The largest absolute Gasteiger partial charge is 0.280 e. The quantitative estimate of drug-likeness (QED) is 0.814. The molecule has 0 heterocycles. The third-order valence-corrected chi connectivity index (χ3v) is 4.42. The molecule has 4 nitrogen and oxygen atoms in total. The van der Waals surface area contributed by atoms with Gasteiger partial charge in [-0.3, -0.25) is 0 Å². The Kier molecular flexibility index (Phi) is 5.29. The number of nitrogens with zero attached hydrogens (tertiary/aromatic N) is 1. The van der Waals surface area contributed by atoms with E-state index in [9.17, 15) is 8.42 Å². The van der Waals surface area contributed by atoms with E-state index in [2.05, 4.69) is 11.3 Å². The summed E-state index contributed by atoms with van der Waals surface area (Å²) >= 11 is 0. The van der Waals surface area contributed by atoms with Crippen LogP contribution in [0.4, 0.5) is 0 Å². The van der Waals surface area contributed by atoms with Crippen LogP contribution in [0.2, 0.25) is 0 Å². The van der Waals surface area contributed by atoms with Crippen molar-refractivity contribution in [1.82, 2.24) is 9.03 Å². The summed E-state index contributed by atoms with van der Waals surface area (Å²) in [5, 5.41) is 0. The Morgan fingerprint density at radius 2 is 1.84 bits per heavy atom. The van der Waals surface area contributed by atoms with Crippen LogP contribution in [0.15, 0.2) is 43.0 Å². The van der Waals surface area contributed by atoms with Gasteiger partial charge in [-0.15, -0.1) is 6.58 Å². The molecule has 0 saturated heterocycles. The Hall–Kier alpha value is -1.17. The molecule has 19 heavy (non-hydrogen) atoms. The normalized spacial score (nSPS) is 12.6. The second-order valence-electron chi connectivity index (χ2n) is 5.30. The minimum atomic E-state index is -3.53. The summed E-state index contributed by atoms with van der Waals surface area (Å²) in [6.07, 6.45) is 1.59. The Labute approximate surface area is 116 Å². The van der Waals surface area contributed by atoms with Crippen LogP contribution in [0.1, 0.15) is 26.3 Å². The molecule has 0 bridgehead atoms. The Morgan fingerprint density at radius 1 is 1.26 bits per heavy atom. The van der Waals surface area contributed by atoms with E-state index in [0.29, 0.717) is 0 Å². The van der Waals surface area contributed by atoms with Crippen molar-refractivity contribution < 1.29 is 8.42 Å². The van der Waals surface area contributed by atoms with Crippen molar-refractivity contribution in [3.8, 4) is 0 Å². The fraction of sp³-hybridized carbons (Fsp3) is 0.429. The van der Waals surface area contributed by atoms with Gasteiger partial charge in [0.1, 0.15) is 0 Å². The highest BCUT2D eigenvalue weighted by molar-refractivity contribution is 7.87. The predicted molar refractivity (Wildman–Crippen MR) is 78.9 cm³/mol. The highest BCUT2D eigenvalue weighted by atomic mass is 32.2. The van der Waals surface area contributed by atoms with Gasteiger partial charge in [-0.1, -0.05) is 36.4 Å². The molecule has 0 unspecified atom stereocenters. The monoisotopic (exact) mass is 282 g/mol. The summed E-state index contributed by atoms with van der Waals surface area (Å²) in [7, 11) is -3.53. The SMILES string of the molecule is C=CCN(C(C)(C)C)S(=O)(=O)NCc1ccccc1. The maximum atomic E-state index is 12.3. The molecule has 106 valence electrons. The lowest BCUT2D eigenvalue weighted by molar-refractivity contribution is 0.266. The molecule has 0 radical (unpaired) electrons. The van der Waals surface area contributed by atoms with E-state index < -0.39 is 15.7 Å². The van der Waals surface area contributed by atoms with Crippen LogP contribution in [-0.2, 0) is 16.8 Å². The van der Waals surface area contributed by atoms with Gasteiger partial charge in [0.2, 0.25) is 0 Å². The molecular formula is C14H22N2O2S. The number of benzene rings is 1. The average molecular weight is 282 g/mol. The van der Waals surface area contributed by atoms with Gasteiger partial charge < -0.3 is 0 Å². The van der Waals surface area contributed by atoms with Gasteiger partial charge in [-0.05, 0) is 26.3 Å². The summed E-state index contributed by atoms with van der Waals surface area (Å²) in [4.78, 5) is 0. The van der Waals surface area contributed by atoms with Gasteiger partial charge in [0.25, 0.3) is 10.2 Å². The molecule has 1 aromatic carbocycles. The maximum Gasteiger partial charge on any atom is 0.280 e. The lowest BCUT2D eigenvalue weighted by atomic mass is 10.1. The first-order valence-corrected chi connectivity index (χ1v) is 7.63. The summed E-state index contributed by atoms with van der Waals surface area (Å²) in [6, 6.07) is 9.44. The summed E-state index contributed by atoms with van der Waals surface area (Å²) in [5.41, 5.74) is 0.440. The van der Waals surface area contributed by atoms with Crippen molar-refractivity contribution in [2.75, 3.05) is 6.54 Å². The van der Waals surface area contributed by atoms with Crippen molar-refractivity contribution in [3.63, 3.8) is 0 Å². The van der Waals surface area contributed by atoms with Crippen LogP contribution < -0.4 is 4.72 Å². The fourth-order valence-corrected chi connectivity index (χ4v) is 3.23. The van der Waals surface area contributed by atoms with Crippen LogP contribution in [0, 0.1) is 0 Å². The van der Waals surface area contributed by atoms with Gasteiger partial charge in [0, 0.05) is 18.6 Å². The minimum absolute atomic E-state index is 0.285. The Bertz CT molecular complexity index is 504. The molecule has 1 rings (SSSR count). The molecule has 0 amide bonds. The van der Waals surface area contributed by atoms with E-state index in [1.807, 2.05) is 51.1 Å². The molecule has 0 aliphatic heterocycles. The smallest absolute Gasteiger partial charge is 0.198 e. The topological polar surface area (TPSA) is 49.4 Å². The van der Waals surface area contributed by atoms with Gasteiger partial charge in [0.15, 0.2) is 0 Å². The standard InChI is InChI=1S/C14H22N2O2S/c1-5-11-16(14(2,3)4)19(17,18)15-12-13-9-7-6-8-10-13/h5-10,15H,1,11-12H2,2-4H3. The van der Waals surface area contributed by atoms with Gasteiger partial charge in [0.05, 0.1) is 0 Å². The average Bonchev–Trinajstić information content (AvgIpc) is 2.33. The molecule has 0 saturated carbocycles. The number of nitrogens with one attached hydrogen (secondary N) is 1. The van der Waals surface area contributed by atoms with Gasteiger partial charge >= 0.3 is 0 Å². The number of hydrogen-bond acceptors (Lipinski definition) is 2. The lowest BCUT2D eigenvalue weighted by Crippen LogP contribution is -2.50. The van der Waals surface area contributed by atoms with Crippen LogP contribution in [-0.4, -0.2) is 24.8 Å². The molecule has 0 aromatic heterocycles. The first-order valence-electron chi connectivity index (χ1n) is 6.19. The Morgan fingerprint density at radius 3 is 2.32 bits per heavy atom. The van der Waals surface area contributed by atoms with Crippen LogP contribution in [0.3, 0.4) is 0 Å². The molecule has 0 aliphatic rings. The summed E-state index contributed by atoms with van der Waals surface area (Å²) in [6.45, 7) is 9.76. The molecule has 1 aromatic rings. The molecule has 5 heteroatoms. The van der Waals surface area contributed by atoms with E-state index in [1.54, 1.807) is 6.08 Å². The van der Waals surface area contributed by atoms with Gasteiger partial charge in [-0.25, -0.2) is 0 Å². The van der Waals surface area contributed by atoms with Crippen molar-refractivity contribution >= 4 is 10.2 Å². The molecule has 0 aliphatic carbocycles.